The van der Waals surface area contributed by atoms with Crippen molar-refractivity contribution in [3.63, 3.8) is 0 Å². The summed E-state index contributed by atoms with van der Waals surface area (Å²) in [6.07, 6.45) is -2.32. The van der Waals surface area contributed by atoms with Crippen LogP contribution >= 0.6 is 12.4 Å². The number of hydrogen-bond donors (Lipinski definition) is 1. The van der Waals surface area contributed by atoms with Crippen molar-refractivity contribution < 1.29 is 22.6 Å². The molecule has 4 nitrogen and oxygen atoms in total. The Hall–Kier alpha value is -1.18. The largest absolute Gasteiger partial charge is 0.573 e. The average Bonchev–Trinajstić information content (AvgIpc) is 2.48. The summed E-state index contributed by atoms with van der Waals surface area (Å²) in [4.78, 5) is 2.33. The molecule has 132 valence electrons. The van der Waals surface area contributed by atoms with Gasteiger partial charge in [0.25, 0.3) is 0 Å². The van der Waals surface area contributed by atoms with E-state index in [1.165, 1.54) is 30.7 Å². The number of rotatable bonds is 6. The van der Waals surface area contributed by atoms with Crippen LogP contribution in [0.15, 0.2) is 24.3 Å². The lowest BCUT2D eigenvalue weighted by atomic mass is 10.1. The van der Waals surface area contributed by atoms with E-state index in [0.717, 1.165) is 26.1 Å². The lowest BCUT2D eigenvalue weighted by molar-refractivity contribution is -0.274. The number of likely N-dealkylation sites (tertiary alicyclic amines) is 1. The zero-order valence-corrected chi connectivity index (χ0v) is 13.8. The minimum atomic E-state index is -4.67. The zero-order valence-electron chi connectivity index (χ0n) is 12.9. The molecule has 1 unspecified atom stereocenters. The molecule has 2 rings (SSSR count). The summed E-state index contributed by atoms with van der Waals surface area (Å²) in [7, 11) is 1.97. The van der Waals surface area contributed by atoms with Gasteiger partial charge in [-0.05, 0) is 50.7 Å². The van der Waals surface area contributed by atoms with Crippen molar-refractivity contribution in [3.05, 3.63) is 24.3 Å². The summed E-state index contributed by atoms with van der Waals surface area (Å²) >= 11 is 0. The van der Waals surface area contributed by atoms with E-state index in [-0.39, 0.29) is 18.2 Å². The van der Waals surface area contributed by atoms with E-state index in [1.54, 1.807) is 0 Å². The Labute approximate surface area is 140 Å². The van der Waals surface area contributed by atoms with Gasteiger partial charge in [-0.2, -0.15) is 0 Å². The van der Waals surface area contributed by atoms with Crippen LogP contribution in [-0.2, 0) is 0 Å². The highest BCUT2D eigenvalue weighted by molar-refractivity contribution is 5.85. The van der Waals surface area contributed by atoms with Crippen molar-refractivity contribution in [2.45, 2.75) is 25.2 Å². The van der Waals surface area contributed by atoms with Crippen LogP contribution in [0.5, 0.6) is 11.5 Å². The van der Waals surface area contributed by atoms with Crippen LogP contribution < -0.4 is 14.8 Å². The minimum absolute atomic E-state index is 0. The maximum absolute atomic E-state index is 12.0. The number of likely N-dealkylation sites (N-methyl/N-ethyl adjacent to an activating group) is 1. The van der Waals surface area contributed by atoms with E-state index >= 15 is 0 Å². The number of hydrogen-bond acceptors (Lipinski definition) is 4. The van der Waals surface area contributed by atoms with E-state index in [4.69, 9.17) is 4.74 Å². The van der Waals surface area contributed by atoms with Gasteiger partial charge in [-0.15, -0.1) is 25.6 Å². The van der Waals surface area contributed by atoms with Crippen molar-refractivity contribution in [1.82, 2.24) is 10.2 Å². The van der Waals surface area contributed by atoms with Gasteiger partial charge in [0, 0.05) is 19.1 Å². The second-order valence-electron chi connectivity index (χ2n) is 5.30. The fraction of sp³-hybridized carbons (Fsp3) is 0.600. The van der Waals surface area contributed by atoms with E-state index in [2.05, 4.69) is 15.0 Å². The second kappa shape index (κ2) is 9.20. The highest BCUT2D eigenvalue weighted by Crippen LogP contribution is 2.24. The fourth-order valence-electron chi connectivity index (χ4n) is 2.52. The molecular formula is C15H22ClF3N2O2. The predicted octanol–water partition coefficient (Wildman–Crippen LogP) is 3.07. The molecule has 0 aromatic heterocycles. The van der Waals surface area contributed by atoms with Gasteiger partial charge in [0.1, 0.15) is 18.1 Å². The van der Waals surface area contributed by atoms with E-state index in [1.807, 2.05) is 7.05 Å². The van der Waals surface area contributed by atoms with Crippen molar-refractivity contribution in [2.24, 2.45) is 0 Å². The van der Waals surface area contributed by atoms with Gasteiger partial charge in [-0.25, -0.2) is 0 Å². The molecule has 23 heavy (non-hydrogen) atoms. The van der Waals surface area contributed by atoms with E-state index < -0.39 is 6.36 Å². The second-order valence-corrected chi connectivity index (χ2v) is 5.30. The first-order valence-electron chi connectivity index (χ1n) is 7.34. The van der Waals surface area contributed by atoms with Gasteiger partial charge in [-0.1, -0.05) is 0 Å². The van der Waals surface area contributed by atoms with Gasteiger partial charge in [0.05, 0.1) is 0 Å². The molecule has 0 spiro atoms. The van der Waals surface area contributed by atoms with Crippen LogP contribution in [0.4, 0.5) is 13.2 Å². The van der Waals surface area contributed by atoms with Gasteiger partial charge >= 0.3 is 6.36 Å². The number of piperidine rings is 1. The number of nitrogens with zero attached hydrogens (tertiary/aromatic N) is 1. The van der Waals surface area contributed by atoms with E-state index in [0.29, 0.717) is 18.4 Å². The molecule has 1 aliphatic heterocycles. The molecule has 8 heteroatoms. The highest BCUT2D eigenvalue weighted by Gasteiger charge is 2.30. The summed E-state index contributed by atoms with van der Waals surface area (Å²) < 4.78 is 45.5. The van der Waals surface area contributed by atoms with Crippen molar-refractivity contribution >= 4 is 12.4 Å². The Bertz CT molecular complexity index is 457. The monoisotopic (exact) mass is 354 g/mol. The van der Waals surface area contributed by atoms with E-state index in [9.17, 15) is 13.2 Å². The number of ether oxygens (including phenoxy) is 2. The van der Waals surface area contributed by atoms with Crippen LogP contribution in [0.2, 0.25) is 0 Å². The lowest BCUT2D eigenvalue weighted by Crippen LogP contribution is -2.45. The number of benzene rings is 1. The molecule has 1 aromatic carbocycles. The average molecular weight is 355 g/mol. The molecule has 0 radical (unpaired) electrons. The molecule has 0 aliphatic carbocycles. The topological polar surface area (TPSA) is 33.7 Å². The normalized spacial score (nSPS) is 19.0. The molecule has 1 aliphatic rings. The third-order valence-electron chi connectivity index (χ3n) is 3.65. The maximum atomic E-state index is 12.0. The Balaban J connectivity index is 0.00000264. The first-order chi connectivity index (χ1) is 10.5. The van der Waals surface area contributed by atoms with Crippen LogP contribution in [0.1, 0.15) is 12.8 Å². The summed E-state index contributed by atoms with van der Waals surface area (Å²) in [6, 6.07) is 5.98. The maximum Gasteiger partial charge on any atom is 0.573 e. The Kier molecular flexibility index (Phi) is 7.94. The molecule has 1 N–H and O–H groups in total. The smallest absolute Gasteiger partial charge is 0.492 e. The van der Waals surface area contributed by atoms with Crippen molar-refractivity contribution in [1.29, 1.82) is 0 Å². The van der Waals surface area contributed by atoms with Crippen molar-refractivity contribution in [2.75, 3.05) is 33.3 Å². The van der Waals surface area contributed by atoms with Gasteiger partial charge in [0.2, 0.25) is 0 Å². The number of nitrogens with one attached hydrogen (secondary N) is 1. The van der Waals surface area contributed by atoms with Crippen LogP contribution in [0.3, 0.4) is 0 Å². The van der Waals surface area contributed by atoms with Crippen molar-refractivity contribution in [3.8, 4) is 11.5 Å². The highest BCUT2D eigenvalue weighted by atomic mass is 35.5. The standard InChI is InChI=1S/C15H21F3N2O2.ClH/c1-19-12-3-2-8-20(11-12)9-10-21-13-4-6-14(7-5-13)22-15(16,17)18;/h4-7,12,19H,2-3,8-11H2,1H3;1H. The summed E-state index contributed by atoms with van der Waals surface area (Å²) in [5.74, 6) is 0.296. The Morgan fingerprint density at radius 3 is 2.48 bits per heavy atom. The predicted molar refractivity (Wildman–Crippen MR) is 84.4 cm³/mol. The number of halogens is 4. The molecular weight excluding hydrogens is 333 g/mol. The molecule has 0 amide bonds. The summed E-state index contributed by atoms with van der Waals surface area (Å²) in [6.45, 7) is 3.37. The first kappa shape index (κ1) is 19.9. The molecule has 0 saturated carbocycles. The minimum Gasteiger partial charge on any atom is -0.492 e. The summed E-state index contributed by atoms with van der Waals surface area (Å²) in [5, 5.41) is 3.28. The zero-order chi connectivity index (χ0) is 16.0. The Morgan fingerprint density at radius 1 is 1.22 bits per heavy atom. The van der Waals surface area contributed by atoms with Gasteiger partial charge in [0.15, 0.2) is 0 Å². The van der Waals surface area contributed by atoms with Crippen LogP contribution in [0.25, 0.3) is 0 Å². The molecule has 1 atom stereocenters. The van der Waals surface area contributed by atoms with Gasteiger partial charge in [-0.3, -0.25) is 4.90 Å². The first-order valence-corrected chi connectivity index (χ1v) is 7.34. The van der Waals surface area contributed by atoms with Crippen LogP contribution in [0, 0.1) is 0 Å². The fourth-order valence-corrected chi connectivity index (χ4v) is 2.52. The number of alkyl halides is 3. The van der Waals surface area contributed by atoms with Gasteiger partial charge < -0.3 is 14.8 Å². The third-order valence-corrected chi connectivity index (χ3v) is 3.65. The SMILES string of the molecule is CNC1CCCN(CCOc2ccc(OC(F)(F)F)cc2)C1.Cl. The quantitative estimate of drug-likeness (QED) is 0.851. The molecule has 1 saturated heterocycles. The third kappa shape index (κ3) is 7.28. The summed E-state index contributed by atoms with van der Waals surface area (Å²) in [5.41, 5.74) is 0. The molecule has 1 aromatic rings. The van der Waals surface area contributed by atoms with Crippen LogP contribution in [-0.4, -0.2) is 50.6 Å². The molecule has 1 heterocycles. The lowest BCUT2D eigenvalue weighted by Gasteiger charge is -2.32. The molecule has 1 fully saturated rings. The Morgan fingerprint density at radius 2 is 1.87 bits per heavy atom. The molecule has 0 bridgehead atoms.